The zero-order chi connectivity index (χ0) is 30.1. The molecule has 1 aliphatic rings. The van der Waals surface area contributed by atoms with Crippen LogP contribution in [0, 0.1) is 28.8 Å². The summed E-state index contributed by atoms with van der Waals surface area (Å²) in [5, 5.41) is 8.90. The lowest BCUT2D eigenvalue weighted by Gasteiger charge is -2.27. The summed E-state index contributed by atoms with van der Waals surface area (Å²) in [6.07, 6.45) is 1.10. The van der Waals surface area contributed by atoms with Crippen LogP contribution in [0.25, 0.3) is 21.6 Å². The fourth-order valence-corrected chi connectivity index (χ4v) is 5.69. The Morgan fingerprint density at radius 3 is 2.56 bits per heavy atom. The number of aromatic nitrogens is 3. The van der Waals surface area contributed by atoms with Gasteiger partial charge in [0.2, 0.25) is 0 Å². The number of benzene rings is 2. The Kier molecular flexibility index (Phi) is 7.84. The molecular formula is C31H23F3N4O4S. The van der Waals surface area contributed by atoms with Crippen molar-refractivity contribution < 1.29 is 32.2 Å². The summed E-state index contributed by atoms with van der Waals surface area (Å²) in [5.74, 6) is -2.09. The van der Waals surface area contributed by atoms with Crippen LogP contribution in [0.15, 0.2) is 54.6 Å². The molecule has 5 aromatic rings. The molecule has 1 fully saturated rings. The molecule has 4 heterocycles. The second-order valence-corrected chi connectivity index (χ2v) is 10.9. The molecule has 6 rings (SSSR count). The van der Waals surface area contributed by atoms with Gasteiger partial charge in [-0.1, -0.05) is 18.2 Å². The van der Waals surface area contributed by atoms with Gasteiger partial charge in [0.1, 0.15) is 33.8 Å². The number of esters is 1. The first-order valence-electron chi connectivity index (χ1n) is 13.3. The van der Waals surface area contributed by atoms with Gasteiger partial charge >= 0.3 is 5.97 Å². The molecule has 1 aliphatic heterocycles. The molecule has 1 atom stereocenters. The molecule has 0 bridgehead atoms. The van der Waals surface area contributed by atoms with Crippen LogP contribution in [0.5, 0.6) is 5.88 Å². The second-order valence-electron chi connectivity index (χ2n) is 9.89. The van der Waals surface area contributed by atoms with Crippen LogP contribution in [0.1, 0.15) is 38.6 Å². The van der Waals surface area contributed by atoms with E-state index >= 15 is 4.39 Å². The summed E-state index contributed by atoms with van der Waals surface area (Å²) >= 11 is 1.21. The number of thiophene rings is 1. The lowest BCUT2D eigenvalue weighted by atomic mass is 10.0. The van der Waals surface area contributed by atoms with Gasteiger partial charge in [0.25, 0.3) is 5.88 Å². The summed E-state index contributed by atoms with van der Waals surface area (Å²) < 4.78 is 61.9. The van der Waals surface area contributed by atoms with E-state index in [9.17, 15) is 13.6 Å². The number of carbonyl (C=O) groups excluding carboxylic acids is 1. The van der Waals surface area contributed by atoms with E-state index in [1.54, 1.807) is 18.2 Å². The molecule has 1 unspecified atom stereocenters. The average Bonchev–Trinajstić information content (AvgIpc) is 3.53. The van der Waals surface area contributed by atoms with Crippen molar-refractivity contribution in [1.82, 2.24) is 14.5 Å². The number of imidazole rings is 1. The maximum absolute atomic E-state index is 15.4. The maximum Gasteiger partial charge on any atom is 0.348 e. The maximum atomic E-state index is 15.4. The van der Waals surface area contributed by atoms with Crippen LogP contribution in [0.2, 0.25) is 0 Å². The van der Waals surface area contributed by atoms with Crippen molar-refractivity contribution in [2.45, 2.75) is 32.1 Å². The molecule has 218 valence electrons. The predicted octanol–water partition coefficient (Wildman–Crippen LogP) is 6.19. The summed E-state index contributed by atoms with van der Waals surface area (Å²) in [6, 6.07) is 14.6. The molecule has 0 amide bonds. The zero-order valence-electron chi connectivity index (χ0n) is 22.8. The van der Waals surface area contributed by atoms with Gasteiger partial charge in [-0.3, -0.25) is 0 Å². The molecule has 0 aliphatic carbocycles. The van der Waals surface area contributed by atoms with Crippen molar-refractivity contribution >= 4 is 27.7 Å². The molecule has 8 nitrogen and oxygen atoms in total. The molecule has 12 heteroatoms. The number of hydrogen-bond acceptors (Lipinski definition) is 8. The Morgan fingerprint density at radius 1 is 1.07 bits per heavy atom. The number of methoxy groups -OCH3 is 1. The zero-order valence-corrected chi connectivity index (χ0v) is 23.6. The Hall–Kier alpha value is -4.73. The molecule has 0 radical (unpaired) electrons. The van der Waals surface area contributed by atoms with E-state index in [0.29, 0.717) is 39.8 Å². The topological polar surface area (TPSA) is 99.3 Å². The van der Waals surface area contributed by atoms with E-state index < -0.39 is 23.4 Å². The number of nitriles is 1. The highest BCUT2D eigenvalue weighted by atomic mass is 32.1. The molecule has 0 N–H and O–H groups in total. The molecular weight excluding hydrogens is 581 g/mol. The fourth-order valence-electron chi connectivity index (χ4n) is 4.72. The number of rotatable bonds is 9. The monoisotopic (exact) mass is 604 g/mol. The van der Waals surface area contributed by atoms with Gasteiger partial charge in [0.05, 0.1) is 42.6 Å². The van der Waals surface area contributed by atoms with Crippen molar-refractivity contribution in [3.8, 4) is 23.2 Å². The summed E-state index contributed by atoms with van der Waals surface area (Å²) in [7, 11) is 1.32. The first-order valence-corrected chi connectivity index (χ1v) is 14.1. The first kappa shape index (κ1) is 28.4. The third-order valence-corrected chi connectivity index (χ3v) is 8.15. The van der Waals surface area contributed by atoms with Crippen LogP contribution in [-0.2, 0) is 29.0 Å². The molecule has 3 aromatic heterocycles. The summed E-state index contributed by atoms with van der Waals surface area (Å²) in [5.41, 5.74) is 2.09. The molecule has 43 heavy (non-hydrogen) atoms. The van der Waals surface area contributed by atoms with Gasteiger partial charge in [0.15, 0.2) is 5.82 Å². The molecule has 2 aromatic carbocycles. The van der Waals surface area contributed by atoms with E-state index in [1.807, 2.05) is 10.6 Å². The fraction of sp³-hybridized carbons (Fsp3) is 0.226. The number of carbonyl (C=O) groups is 1. The third-order valence-electron chi connectivity index (χ3n) is 7.15. The van der Waals surface area contributed by atoms with Crippen molar-refractivity contribution in [2.75, 3.05) is 13.7 Å². The second kappa shape index (κ2) is 11.9. The van der Waals surface area contributed by atoms with E-state index in [-0.39, 0.29) is 41.8 Å². The van der Waals surface area contributed by atoms with Gasteiger partial charge in [-0.25, -0.2) is 27.9 Å². The van der Waals surface area contributed by atoms with Crippen LogP contribution < -0.4 is 4.74 Å². The van der Waals surface area contributed by atoms with Crippen molar-refractivity contribution in [3.05, 3.63) is 99.4 Å². The van der Waals surface area contributed by atoms with Crippen molar-refractivity contribution in [3.63, 3.8) is 0 Å². The third kappa shape index (κ3) is 5.82. The lowest BCUT2D eigenvalue weighted by Crippen LogP contribution is -2.31. The van der Waals surface area contributed by atoms with Crippen LogP contribution in [0.4, 0.5) is 13.2 Å². The van der Waals surface area contributed by atoms with Crippen molar-refractivity contribution in [2.24, 2.45) is 0 Å². The Balaban J connectivity index is 1.23. The van der Waals surface area contributed by atoms with Gasteiger partial charge in [-0.15, -0.1) is 11.3 Å². The van der Waals surface area contributed by atoms with Gasteiger partial charge in [0, 0.05) is 24.2 Å². The average molecular weight is 605 g/mol. The first-order chi connectivity index (χ1) is 20.8. The number of halogens is 3. The van der Waals surface area contributed by atoms with Crippen LogP contribution >= 0.6 is 11.3 Å². The van der Waals surface area contributed by atoms with E-state index in [2.05, 4.69) is 4.98 Å². The van der Waals surface area contributed by atoms with Crippen molar-refractivity contribution in [1.29, 1.82) is 5.26 Å². The number of hydrogen-bond donors (Lipinski definition) is 0. The van der Waals surface area contributed by atoms with Crippen LogP contribution in [-0.4, -0.2) is 40.3 Å². The SMILES string of the molecule is COC(=O)c1cc2c(nc(Cc3ccc(-c4ccc(F)c(OCc5ccc(C#N)cc5F)n4)cc3F)n2CC2CCO2)s1. The number of fused-ring (bicyclic) bond motifs is 1. The lowest BCUT2D eigenvalue weighted by molar-refractivity contribution is -0.0589. The standard InChI is InChI=1S/C31H23F3N4O4S/c1-40-31(39)27-13-26-30(43-27)37-28(38(26)15-21-8-9-41-21)12-18-4-5-19(11-24(18)34)25-7-6-22(32)29(36-25)42-16-20-3-2-17(14-35)10-23(20)33/h2-7,10-11,13,21H,8-9,12,15-16H2,1H3. The Labute approximate surface area is 247 Å². The Morgan fingerprint density at radius 2 is 1.86 bits per heavy atom. The molecule has 0 spiro atoms. The van der Waals surface area contributed by atoms with Crippen LogP contribution in [0.3, 0.4) is 0 Å². The molecule has 1 saturated heterocycles. The van der Waals surface area contributed by atoms with Gasteiger partial charge in [-0.2, -0.15) is 5.26 Å². The number of ether oxygens (including phenoxy) is 3. The molecule has 0 saturated carbocycles. The van der Waals surface area contributed by atoms with E-state index in [0.717, 1.165) is 24.1 Å². The highest BCUT2D eigenvalue weighted by Gasteiger charge is 2.24. The minimum atomic E-state index is -0.757. The summed E-state index contributed by atoms with van der Waals surface area (Å²) in [6.45, 7) is 0.897. The van der Waals surface area contributed by atoms with Gasteiger partial charge in [-0.05, 0) is 48.4 Å². The van der Waals surface area contributed by atoms with E-state index in [1.165, 1.54) is 42.7 Å². The highest BCUT2D eigenvalue weighted by molar-refractivity contribution is 7.20. The highest BCUT2D eigenvalue weighted by Crippen LogP contribution is 2.31. The Bertz CT molecular complexity index is 1890. The quantitative estimate of drug-likeness (QED) is 0.185. The van der Waals surface area contributed by atoms with Gasteiger partial charge < -0.3 is 18.8 Å². The smallest absolute Gasteiger partial charge is 0.348 e. The minimum absolute atomic E-state index is 0.0132. The largest absolute Gasteiger partial charge is 0.471 e. The number of nitrogens with zero attached hydrogens (tertiary/aromatic N) is 4. The van der Waals surface area contributed by atoms with E-state index in [4.69, 9.17) is 24.5 Å². The number of pyridine rings is 1. The predicted molar refractivity (Wildman–Crippen MR) is 151 cm³/mol. The minimum Gasteiger partial charge on any atom is -0.471 e. The summed E-state index contributed by atoms with van der Waals surface area (Å²) in [4.78, 5) is 22.0. The normalized spacial score (nSPS) is 14.3.